The molecular formula is C22H24ClN3. The normalized spacial score (nSPS) is 11.0. The van der Waals surface area contributed by atoms with Gasteiger partial charge in [0, 0.05) is 42.4 Å². The van der Waals surface area contributed by atoms with E-state index in [0.717, 1.165) is 37.3 Å². The number of aryl methyl sites for hydroxylation is 2. The van der Waals surface area contributed by atoms with Crippen molar-refractivity contribution in [3.05, 3.63) is 95.0 Å². The van der Waals surface area contributed by atoms with Gasteiger partial charge in [-0.3, -0.25) is 9.97 Å². The second-order valence-corrected chi connectivity index (χ2v) is 6.93. The Hall–Kier alpha value is -2.23. The first kappa shape index (κ1) is 18.6. The largest absolute Gasteiger partial charge is 0.310 e. The van der Waals surface area contributed by atoms with Crippen molar-refractivity contribution in [1.82, 2.24) is 15.3 Å². The van der Waals surface area contributed by atoms with Crippen molar-refractivity contribution in [3.63, 3.8) is 0 Å². The van der Waals surface area contributed by atoms with Gasteiger partial charge >= 0.3 is 0 Å². The Morgan fingerprint density at radius 2 is 1.19 bits per heavy atom. The Balaban J connectivity index is 1.57. The first-order valence-corrected chi connectivity index (χ1v) is 9.43. The molecule has 2 heterocycles. The Morgan fingerprint density at radius 1 is 0.692 bits per heavy atom. The highest BCUT2D eigenvalue weighted by Gasteiger charge is 2.09. The third-order valence-corrected chi connectivity index (χ3v) is 4.82. The number of aromatic nitrogens is 2. The van der Waals surface area contributed by atoms with Gasteiger partial charge in [-0.05, 0) is 78.8 Å². The van der Waals surface area contributed by atoms with E-state index in [0.29, 0.717) is 6.04 Å². The molecule has 0 atom stereocenters. The van der Waals surface area contributed by atoms with Gasteiger partial charge in [-0.2, -0.15) is 0 Å². The number of hydrogen-bond acceptors (Lipinski definition) is 3. The molecule has 1 N–H and O–H groups in total. The monoisotopic (exact) mass is 365 g/mol. The molecule has 3 rings (SSSR count). The van der Waals surface area contributed by atoms with Crippen LogP contribution >= 0.6 is 11.6 Å². The minimum Gasteiger partial charge on any atom is -0.310 e. The van der Waals surface area contributed by atoms with Crippen molar-refractivity contribution in [2.45, 2.75) is 38.3 Å². The topological polar surface area (TPSA) is 37.8 Å². The van der Waals surface area contributed by atoms with Crippen LogP contribution in [0.2, 0.25) is 5.02 Å². The summed E-state index contributed by atoms with van der Waals surface area (Å²) < 4.78 is 0. The molecule has 0 unspecified atom stereocenters. The van der Waals surface area contributed by atoms with E-state index in [-0.39, 0.29) is 0 Å². The number of nitrogens with zero attached hydrogens (tertiary/aromatic N) is 2. The van der Waals surface area contributed by atoms with E-state index in [1.807, 2.05) is 36.9 Å². The maximum absolute atomic E-state index is 5.98. The average molecular weight is 366 g/mol. The van der Waals surface area contributed by atoms with Crippen LogP contribution in [0.25, 0.3) is 0 Å². The first-order valence-electron chi connectivity index (χ1n) is 9.05. The van der Waals surface area contributed by atoms with Crippen LogP contribution in [0.3, 0.4) is 0 Å². The van der Waals surface area contributed by atoms with Crippen LogP contribution in [0.4, 0.5) is 0 Å². The average Bonchev–Trinajstić information content (AvgIpc) is 2.70. The molecule has 0 spiro atoms. The molecule has 134 valence electrons. The summed E-state index contributed by atoms with van der Waals surface area (Å²) in [6.07, 6.45) is 11.8. The lowest BCUT2D eigenvalue weighted by Crippen LogP contribution is -2.29. The molecule has 0 aliphatic heterocycles. The molecule has 0 amide bonds. The lowest BCUT2D eigenvalue weighted by molar-refractivity contribution is 0.451. The van der Waals surface area contributed by atoms with Crippen LogP contribution in [0.1, 0.15) is 29.5 Å². The lowest BCUT2D eigenvalue weighted by atomic mass is 9.99. The molecule has 0 aliphatic carbocycles. The second-order valence-electron chi connectivity index (χ2n) is 6.49. The fourth-order valence-electron chi connectivity index (χ4n) is 2.99. The molecule has 0 aliphatic rings. The van der Waals surface area contributed by atoms with Gasteiger partial charge in [0.25, 0.3) is 0 Å². The SMILES string of the molecule is Clc1ccc(CNC(CCc2ccncc2)CCc2ccncc2)cc1. The molecule has 0 saturated carbocycles. The minimum atomic E-state index is 0.451. The Morgan fingerprint density at radius 3 is 1.69 bits per heavy atom. The summed E-state index contributed by atoms with van der Waals surface area (Å²) in [5.74, 6) is 0. The van der Waals surface area contributed by atoms with E-state index in [9.17, 15) is 0 Å². The molecule has 4 heteroatoms. The van der Waals surface area contributed by atoms with Crippen LogP contribution in [0.5, 0.6) is 0 Å². The van der Waals surface area contributed by atoms with Gasteiger partial charge in [0.1, 0.15) is 0 Å². The molecule has 1 aromatic carbocycles. The molecule has 0 fully saturated rings. The number of hydrogen-bond donors (Lipinski definition) is 1. The van der Waals surface area contributed by atoms with Crippen molar-refractivity contribution in [3.8, 4) is 0 Å². The van der Waals surface area contributed by atoms with Crippen LogP contribution in [-0.4, -0.2) is 16.0 Å². The van der Waals surface area contributed by atoms with Gasteiger partial charge in [0.2, 0.25) is 0 Å². The number of halogens is 1. The summed E-state index contributed by atoms with van der Waals surface area (Å²) in [6, 6.07) is 16.9. The fourth-order valence-corrected chi connectivity index (χ4v) is 3.12. The smallest absolute Gasteiger partial charge is 0.0406 e. The molecule has 26 heavy (non-hydrogen) atoms. The van der Waals surface area contributed by atoms with Crippen molar-refractivity contribution in [2.75, 3.05) is 0 Å². The Labute approximate surface area is 160 Å². The number of pyridine rings is 2. The van der Waals surface area contributed by atoms with E-state index < -0.39 is 0 Å². The summed E-state index contributed by atoms with van der Waals surface area (Å²) in [5, 5.41) is 4.50. The highest BCUT2D eigenvalue weighted by molar-refractivity contribution is 6.30. The predicted molar refractivity (Wildman–Crippen MR) is 107 cm³/mol. The number of benzene rings is 1. The summed E-state index contributed by atoms with van der Waals surface area (Å²) in [4.78, 5) is 8.20. The van der Waals surface area contributed by atoms with Gasteiger partial charge in [0.05, 0.1) is 0 Å². The summed E-state index contributed by atoms with van der Waals surface area (Å²) in [5.41, 5.74) is 3.93. The van der Waals surface area contributed by atoms with E-state index in [1.165, 1.54) is 16.7 Å². The zero-order valence-electron chi connectivity index (χ0n) is 14.8. The molecule has 3 aromatic rings. The van der Waals surface area contributed by atoms with Gasteiger partial charge in [-0.25, -0.2) is 0 Å². The van der Waals surface area contributed by atoms with E-state index in [2.05, 4.69) is 51.7 Å². The van der Waals surface area contributed by atoms with Crippen LogP contribution in [-0.2, 0) is 19.4 Å². The van der Waals surface area contributed by atoms with Crippen molar-refractivity contribution in [2.24, 2.45) is 0 Å². The molecule has 0 bridgehead atoms. The summed E-state index contributed by atoms with van der Waals surface area (Å²) in [7, 11) is 0. The highest BCUT2D eigenvalue weighted by atomic mass is 35.5. The molecule has 0 saturated heterocycles. The second kappa shape index (κ2) is 10.0. The third kappa shape index (κ3) is 6.25. The summed E-state index contributed by atoms with van der Waals surface area (Å²) in [6.45, 7) is 0.856. The van der Waals surface area contributed by atoms with Crippen LogP contribution in [0.15, 0.2) is 73.3 Å². The maximum atomic E-state index is 5.98. The standard InChI is InChI=1S/C22H24ClN3/c23-21-5-1-20(2-6-21)17-26-22(7-3-18-9-13-24-14-10-18)8-4-19-11-15-25-16-12-19/h1-2,5-6,9-16,22,26H,3-4,7-8,17H2. The fraction of sp³-hybridized carbons (Fsp3) is 0.273. The first-order chi connectivity index (χ1) is 12.8. The van der Waals surface area contributed by atoms with E-state index in [4.69, 9.17) is 11.6 Å². The van der Waals surface area contributed by atoms with E-state index >= 15 is 0 Å². The Kier molecular flexibility index (Phi) is 7.17. The predicted octanol–water partition coefficient (Wildman–Crippen LogP) is 4.85. The lowest BCUT2D eigenvalue weighted by Gasteiger charge is -2.19. The summed E-state index contributed by atoms with van der Waals surface area (Å²) >= 11 is 5.98. The number of rotatable bonds is 9. The third-order valence-electron chi connectivity index (χ3n) is 4.57. The van der Waals surface area contributed by atoms with Crippen molar-refractivity contribution >= 4 is 11.6 Å². The zero-order valence-corrected chi connectivity index (χ0v) is 15.6. The van der Waals surface area contributed by atoms with Crippen molar-refractivity contribution < 1.29 is 0 Å². The van der Waals surface area contributed by atoms with Gasteiger partial charge in [0.15, 0.2) is 0 Å². The Bertz CT molecular complexity index is 717. The van der Waals surface area contributed by atoms with Crippen molar-refractivity contribution in [1.29, 1.82) is 0 Å². The molecule has 3 nitrogen and oxygen atoms in total. The van der Waals surface area contributed by atoms with Crippen LogP contribution < -0.4 is 5.32 Å². The molecular weight excluding hydrogens is 342 g/mol. The van der Waals surface area contributed by atoms with Gasteiger partial charge in [-0.1, -0.05) is 23.7 Å². The van der Waals surface area contributed by atoms with Gasteiger partial charge in [-0.15, -0.1) is 0 Å². The zero-order chi connectivity index (χ0) is 18.0. The van der Waals surface area contributed by atoms with E-state index in [1.54, 1.807) is 0 Å². The number of nitrogens with one attached hydrogen (secondary N) is 1. The molecule has 0 radical (unpaired) electrons. The quantitative estimate of drug-likeness (QED) is 0.588. The van der Waals surface area contributed by atoms with Crippen LogP contribution in [0, 0.1) is 0 Å². The maximum Gasteiger partial charge on any atom is 0.0406 e. The minimum absolute atomic E-state index is 0.451. The highest BCUT2D eigenvalue weighted by Crippen LogP contribution is 2.13. The van der Waals surface area contributed by atoms with Gasteiger partial charge < -0.3 is 5.32 Å². The molecule has 2 aromatic heterocycles.